The standard InChI is InChI=1S/C19H21F3N4O2/c1-18(5-6-18)17(28)25-7-8-26(15(11-25)16(27)24-2)13-4-3-12(10-23)14(9-13)19(20,21)22/h3-4,9,15H,5-8,11H2,1-2H3,(H,24,27). The summed E-state index contributed by atoms with van der Waals surface area (Å²) in [6.45, 7) is 2.54. The molecule has 1 atom stereocenters. The molecule has 2 amide bonds. The molecule has 1 aromatic carbocycles. The number of carbonyl (C=O) groups excluding carboxylic acids is 2. The molecule has 0 radical (unpaired) electrons. The van der Waals surface area contributed by atoms with E-state index in [0.717, 1.165) is 25.0 Å². The number of halogens is 3. The van der Waals surface area contributed by atoms with Crippen LogP contribution in [0.5, 0.6) is 0 Å². The highest BCUT2D eigenvalue weighted by molar-refractivity contribution is 5.89. The second-order valence-corrected chi connectivity index (χ2v) is 7.47. The first-order valence-corrected chi connectivity index (χ1v) is 8.99. The second kappa shape index (κ2) is 7.00. The normalized spacial score (nSPS) is 21.1. The Kier molecular flexibility index (Phi) is 5.00. The number of benzene rings is 1. The molecule has 2 fully saturated rings. The van der Waals surface area contributed by atoms with Gasteiger partial charge in [0.15, 0.2) is 0 Å². The number of nitriles is 1. The molecule has 1 aliphatic carbocycles. The molecule has 0 spiro atoms. The van der Waals surface area contributed by atoms with Crippen LogP contribution in [-0.4, -0.2) is 49.4 Å². The van der Waals surface area contributed by atoms with Gasteiger partial charge in [-0.05, 0) is 31.0 Å². The highest BCUT2D eigenvalue weighted by Crippen LogP contribution is 2.47. The van der Waals surface area contributed by atoms with Crippen molar-refractivity contribution in [2.24, 2.45) is 5.41 Å². The maximum Gasteiger partial charge on any atom is 0.417 e. The van der Waals surface area contributed by atoms with E-state index in [1.54, 1.807) is 15.9 Å². The number of likely N-dealkylation sites (N-methyl/N-ethyl adjacent to an activating group) is 1. The molecule has 1 aromatic rings. The molecule has 9 heteroatoms. The van der Waals surface area contributed by atoms with Crippen molar-refractivity contribution in [1.82, 2.24) is 10.2 Å². The molecule has 2 aliphatic rings. The van der Waals surface area contributed by atoms with Crippen molar-refractivity contribution in [3.05, 3.63) is 29.3 Å². The number of piperazine rings is 1. The summed E-state index contributed by atoms with van der Waals surface area (Å²) < 4.78 is 39.9. The van der Waals surface area contributed by atoms with Gasteiger partial charge < -0.3 is 15.1 Å². The number of anilines is 1. The predicted octanol–water partition coefficient (Wildman–Crippen LogP) is 2.14. The van der Waals surface area contributed by atoms with Crippen LogP contribution in [0.15, 0.2) is 18.2 Å². The van der Waals surface area contributed by atoms with Crippen molar-refractivity contribution in [2.75, 3.05) is 31.6 Å². The van der Waals surface area contributed by atoms with Crippen LogP contribution in [-0.2, 0) is 15.8 Å². The van der Waals surface area contributed by atoms with Gasteiger partial charge in [-0.2, -0.15) is 18.4 Å². The number of nitrogens with zero attached hydrogens (tertiary/aromatic N) is 3. The van der Waals surface area contributed by atoms with Gasteiger partial charge in [-0.15, -0.1) is 0 Å². The summed E-state index contributed by atoms with van der Waals surface area (Å²) >= 11 is 0. The van der Waals surface area contributed by atoms with E-state index in [9.17, 15) is 22.8 Å². The number of amides is 2. The van der Waals surface area contributed by atoms with Gasteiger partial charge in [-0.1, -0.05) is 6.92 Å². The van der Waals surface area contributed by atoms with Crippen molar-refractivity contribution < 1.29 is 22.8 Å². The summed E-state index contributed by atoms with van der Waals surface area (Å²) in [5.74, 6) is -0.395. The minimum atomic E-state index is -4.68. The molecule has 3 rings (SSSR count). The summed E-state index contributed by atoms with van der Waals surface area (Å²) in [6, 6.07) is 4.16. The van der Waals surface area contributed by atoms with Gasteiger partial charge in [0.1, 0.15) is 6.04 Å². The SMILES string of the molecule is CNC(=O)C1CN(C(=O)C2(C)CC2)CCN1c1ccc(C#N)c(C(F)(F)F)c1. The average Bonchev–Trinajstić information content (AvgIpc) is 3.43. The number of carbonyl (C=O) groups is 2. The van der Waals surface area contributed by atoms with E-state index < -0.39 is 23.3 Å². The van der Waals surface area contributed by atoms with Crippen LogP contribution >= 0.6 is 0 Å². The zero-order chi connectivity index (χ0) is 20.7. The van der Waals surface area contributed by atoms with E-state index in [2.05, 4.69) is 5.32 Å². The number of alkyl halides is 3. The highest BCUT2D eigenvalue weighted by atomic mass is 19.4. The molecule has 1 saturated carbocycles. The molecule has 6 nitrogen and oxygen atoms in total. The van der Waals surface area contributed by atoms with E-state index in [0.29, 0.717) is 6.54 Å². The summed E-state index contributed by atoms with van der Waals surface area (Å²) in [6.07, 6.45) is -3.07. The molecular weight excluding hydrogens is 373 g/mol. The Bertz CT molecular complexity index is 843. The van der Waals surface area contributed by atoms with E-state index in [1.807, 2.05) is 6.92 Å². The van der Waals surface area contributed by atoms with E-state index in [4.69, 9.17) is 5.26 Å². The average molecular weight is 394 g/mol. The van der Waals surface area contributed by atoms with Crippen LogP contribution in [0, 0.1) is 16.7 Å². The summed E-state index contributed by atoms with van der Waals surface area (Å²) in [4.78, 5) is 28.3. The minimum Gasteiger partial charge on any atom is -0.357 e. The molecule has 0 aromatic heterocycles. The van der Waals surface area contributed by atoms with Gasteiger partial charge in [-0.25, -0.2) is 0 Å². The fourth-order valence-electron chi connectivity index (χ4n) is 3.49. The maximum absolute atomic E-state index is 13.3. The van der Waals surface area contributed by atoms with Crippen molar-refractivity contribution in [3.63, 3.8) is 0 Å². The van der Waals surface area contributed by atoms with E-state index in [-0.39, 0.29) is 36.0 Å². The van der Waals surface area contributed by atoms with Gasteiger partial charge >= 0.3 is 6.18 Å². The zero-order valence-electron chi connectivity index (χ0n) is 15.6. The molecule has 1 N–H and O–H groups in total. The molecule has 1 unspecified atom stereocenters. The van der Waals surface area contributed by atoms with Crippen molar-refractivity contribution in [1.29, 1.82) is 5.26 Å². The summed E-state index contributed by atoms with van der Waals surface area (Å²) in [7, 11) is 1.45. The molecule has 0 bridgehead atoms. The fraction of sp³-hybridized carbons (Fsp3) is 0.526. The Morgan fingerprint density at radius 1 is 1.29 bits per heavy atom. The predicted molar refractivity (Wildman–Crippen MR) is 95.3 cm³/mol. The minimum absolute atomic E-state index is 0.0168. The van der Waals surface area contributed by atoms with Gasteiger partial charge in [0.2, 0.25) is 11.8 Å². The molecule has 1 heterocycles. The zero-order valence-corrected chi connectivity index (χ0v) is 15.6. The Morgan fingerprint density at radius 3 is 2.50 bits per heavy atom. The fourth-order valence-corrected chi connectivity index (χ4v) is 3.49. The Labute approximate surface area is 160 Å². The molecular formula is C19H21F3N4O2. The van der Waals surface area contributed by atoms with Gasteiger partial charge in [0.25, 0.3) is 0 Å². The summed E-state index contributed by atoms with van der Waals surface area (Å²) in [5, 5.41) is 11.5. The van der Waals surface area contributed by atoms with Gasteiger partial charge in [0, 0.05) is 31.2 Å². The molecule has 28 heavy (non-hydrogen) atoms. The van der Waals surface area contributed by atoms with Crippen LogP contribution in [0.25, 0.3) is 0 Å². The first-order valence-electron chi connectivity index (χ1n) is 8.99. The smallest absolute Gasteiger partial charge is 0.357 e. The third-order valence-electron chi connectivity index (χ3n) is 5.49. The third-order valence-corrected chi connectivity index (χ3v) is 5.49. The molecule has 1 aliphatic heterocycles. The lowest BCUT2D eigenvalue weighted by atomic mass is 10.0. The van der Waals surface area contributed by atoms with Crippen molar-refractivity contribution in [3.8, 4) is 6.07 Å². The van der Waals surface area contributed by atoms with Crippen LogP contribution in [0.3, 0.4) is 0 Å². The Hall–Kier alpha value is -2.76. The lowest BCUT2D eigenvalue weighted by Crippen LogP contribution is -2.60. The first kappa shape index (κ1) is 20.0. The first-order chi connectivity index (χ1) is 13.1. The molecule has 1 saturated heterocycles. The third kappa shape index (κ3) is 3.63. The van der Waals surface area contributed by atoms with Crippen LogP contribution in [0.4, 0.5) is 18.9 Å². The second-order valence-electron chi connectivity index (χ2n) is 7.47. The van der Waals surface area contributed by atoms with Crippen molar-refractivity contribution in [2.45, 2.75) is 32.0 Å². The van der Waals surface area contributed by atoms with Crippen LogP contribution in [0.2, 0.25) is 0 Å². The van der Waals surface area contributed by atoms with Gasteiger partial charge in [0.05, 0.1) is 23.7 Å². The highest BCUT2D eigenvalue weighted by Gasteiger charge is 2.49. The van der Waals surface area contributed by atoms with E-state index in [1.165, 1.54) is 13.1 Å². The lowest BCUT2D eigenvalue weighted by Gasteiger charge is -2.42. The Balaban J connectivity index is 1.91. The lowest BCUT2D eigenvalue weighted by molar-refractivity contribution is -0.138. The number of hydrogen-bond donors (Lipinski definition) is 1. The maximum atomic E-state index is 13.3. The monoisotopic (exact) mass is 394 g/mol. The van der Waals surface area contributed by atoms with Crippen LogP contribution < -0.4 is 10.2 Å². The number of rotatable bonds is 3. The largest absolute Gasteiger partial charge is 0.417 e. The van der Waals surface area contributed by atoms with Crippen molar-refractivity contribution >= 4 is 17.5 Å². The quantitative estimate of drug-likeness (QED) is 0.852. The topological polar surface area (TPSA) is 76.4 Å². The van der Waals surface area contributed by atoms with Crippen LogP contribution in [0.1, 0.15) is 30.9 Å². The van der Waals surface area contributed by atoms with E-state index >= 15 is 0 Å². The Morgan fingerprint density at radius 2 is 1.96 bits per heavy atom. The summed E-state index contributed by atoms with van der Waals surface area (Å²) in [5.41, 5.74) is -1.69. The van der Waals surface area contributed by atoms with Gasteiger partial charge in [-0.3, -0.25) is 9.59 Å². The number of nitrogens with one attached hydrogen (secondary N) is 1. The molecule has 150 valence electrons. The number of hydrogen-bond acceptors (Lipinski definition) is 4.